The first-order chi connectivity index (χ1) is 12.5. The fourth-order valence-electron chi connectivity index (χ4n) is 3.08. The molecule has 0 amide bonds. The molecule has 0 fully saturated rings. The topological polar surface area (TPSA) is 43.4 Å². The summed E-state index contributed by atoms with van der Waals surface area (Å²) in [6.07, 6.45) is -4.81. The molecular formula is C21H25F3O3S. The van der Waals surface area contributed by atoms with Crippen molar-refractivity contribution in [3.8, 4) is 5.75 Å². The molecule has 3 nitrogen and oxygen atoms in total. The van der Waals surface area contributed by atoms with Crippen LogP contribution in [0.25, 0.3) is 0 Å². The van der Waals surface area contributed by atoms with Gasteiger partial charge in [0.15, 0.2) is 0 Å². The smallest absolute Gasteiger partial charge is 0.379 e. The molecule has 0 unspecified atom stereocenters. The predicted octanol–water partition coefficient (Wildman–Crippen LogP) is 6.07. The van der Waals surface area contributed by atoms with Crippen LogP contribution in [0, 0.1) is 0 Å². The third-order valence-electron chi connectivity index (χ3n) is 4.25. The van der Waals surface area contributed by atoms with Gasteiger partial charge in [-0.3, -0.25) is 0 Å². The first-order valence-electron chi connectivity index (χ1n) is 8.80. The molecule has 0 saturated carbocycles. The van der Waals surface area contributed by atoms with Gasteiger partial charge in [-0.15, -0.1) is 0 Å². The highest BCUT2D eigenvalue weighted by molar-refractivity contribution is 7.87. The van der Waals surface area contributed by atoms with Crippen LogP contribution in [0.3, 0.4) is 0 Å². The number of alkyl halides is 3. The molecule has 2 aromatic rings. The van der Waals surface area contributed by atoms with Crippen LogP contribution in [-0.2, 0) is 27.1 Å². The lowest BCUT2D eigenvalue weighted by molar-refractivity contribution is -0.139. The van der Waals surface area contributed by atoms with Gasteiger partial charge in [0, 0.05) is 5.56 Å². The fraction of sp³-hybridized carbons (Fsp3) is 0.429. The predicted molar refractivity (Wildman–Crippen MR) is 103 cm³/mol. The zero-order valence-electron chi connectivity index (χ0n) is 16.8. The Morgan fingerprint density at radius 1 is 0.750 bits per heavy atom. The highest BCUT2D eigenvalue weighted by Crippen LogP contribution is 2.41. The molecule has 0 spiro atoms. The molecule has 0 radical (unpaired) electrons. The van der Waals surface area contributed by atoms with E-state index in [1.54, 1.807) is 6.07 Å². The van der Waals surface area contributed by atoms with Crippen molar-refractivity contribution in [2.75, 3.05) is 0 Å². The molecule has 0 aliphatic heterocycles. The summed E-state index contributed by atoms with van der Waals surface area (Å²) in [5.74, 6) is 0.0388. The minimum Gasteiger partial charge on any atom is -0.379 e. The van der Waals surface area contributed by atoms with Gasteiger partial charge in [0.1, 0.15) is 10.6 Å². The number of hydrogen-bond donors (Lipinski definition) is 0. The van der Waals surface area contributed by atoms with Crippen LogP contribution in [0.2, 0.25) is 0 Å². The van der Waals surface area contributed by atoms with E-state index >= 15 is 0 Å². The van der Waals surface area contributed by atoms with Gasteiger partial charge in [-0.1, -0.05) is 65.8 Å². The Balaban J connectivity index is 2.67. The Bertz CT molecular complexity index is 964. The van der Waals surface area contributed by atoms with Gasteiger partial charge in [0.25, 0.3) is 0 Å². The first-order valence-corrected chi connectivity index (χ1v) is 10.2. The Labute approximate surface area is 164 Å². The third-order valence-corrected chi connectivity index (χ3v) is 5.54. The van der Waals surface area contributed by atoms with Crippen LogP contribution < -0.4 is 4.18 Å². The zero-order valence-corrected chi connectivity index (χ0v) is 17.6. The summed E-state index contributed by atoms with van der Waals surface area (Å²) in [4.78, 5) is -0.900. The molecule has 28 heavy (non-hydrogen) atoms. The summed E-state index contributed by atoms with van der Waals surface area (Å²) in [7, 11) is -4.69. The highest BCUT2D eigenvalue weighted by atomic mass is 32.2. The third kappa shape index (κ3) is 4.69. The summed E-state index contributed by atoms with van der Waals surface area (Å²) in [5, 5.41) is 0. The van der Waals surface area contributed by atoms with Crippen LogP contribution in [0.5, 0.6) is 5.75 Å². The van der Waals surface area contributed by atoms with Crippen molar-refractivity contribution < 1.29 is 25.8 Å². The summed E-state index contributed by atoms with van der Waals surface area (Å²) < 4.78 is 70.7. The minimum atomic E-state index is -4.81. The van der Waals surface area contributed by atoms with Gasteiger partial charge in [-0.2, -0.15) is 21.6 Å². The van der Waals surface area contributed by atoms with Crippen molar-refractivity contribution in [1.29, 1.82) is 0 Å². The molecule has 0 N–H and O–H groups in total. The second-order valence-electron chi connectivity index (χ2n) is 8.71. The molecule has 2 aromatic carbocycles. The fourth-order valence-corrected chi connectivity index (χ4v) is 4.24. The Hall–Kier alpha value is -2.02. The summed E-state index contributed by atoms with van der Waals surface area (Å²) in [5.41, 5.74) is -0.528. The summed E-state index contributed by atoms with van der Waals surface area (Å²) >= 11 is 0. The minimum absolute atomic E-state index is 0.0388. The molecule has 0 heterocycles. The first kappa shape index (κ1) is 22.3. The SMILES string of the molecule is CC(C)(C)c1cccc(OS(=O)(=O)c2ccccc2C(F)(F)F)c1C(C)(C)C. The average Bonchev–Trinajstić information content (AvgIpc) is 2.51. The molecule has 2 rings (SSSR count). The zero-order chi connectivity index (χ0) is 21.5. The largest absolute Gasteiger partial charge is 0.417 e. The van der Waals surface area contributed by atoms with Crippen LogP contribution in [0.1, 0.15) is 58.2 Å². The standard InChI is InChI=1S/C21H25F3O3S/c1-19(2,3)15-11-9-12-16(18(15)20(4,5)6)27-28(25,26)17-13-8-7-10-14(17)21(22,23)24/h7-13H,1-6H3. The van der Waals surface area contributed by atoms with E-state index in [0.717, 1.165) is 23.8 Å². The van der Waals surface area contributed by atoms with E-state index in [1.165, 1.54) is 12.1 Å². The Morgan fingerprint density at radius 2 is 1.29 bits per heavy atom. The highest BCUT2D eigenvalue weighted by Gasteiger charge is 2.38. The van der Waals surface area contributed by atoms with E-state index in [0.29, 0.717) is 5.56 Å². The lowest BCUT2D eigenvalue weighted by Crippen LogP contribution is -2.24. The monoisotopic (exact) mass is 414 g/mol. The Kier molecular flexibility index (Phi) is 5.65. The maximum Gasteiger partial charge on any atom is 0.417 e. The van der Waals surface area contributed by atoms with E-state index in [-0.39, 0.29) is 11.2 Å². The van der Waals surface area contributed by atoms with Crippen molar-refractivity contribution in [1.82, 2.24) is 0 Å². The van der Waals surface area contributed by atoms with Crippen molar-refractivity contribution in [2.45, 2.75) is 63.4 Å². The molecule has 7 heteroatoms. The molecule has 0 aliphatic carbocycles. The van der Waals surface area contributed by atoms with Gasteiger partial charge in [-0.25, -0.2) is 0 Å². The number of rotatable bonds is 3. The number of halogens is 3. The van der Waals surface area contributed by atoms with E-state index in [2.05, 4.69) is 0 Å². The lowest BCUT2D eigenvalue weighted by atomic mass is 9.75. The van der Waals surface area contributed by atoms with Crippen molar-refractivity contribution >= 4 is 10.1 Å². The lowest BCUT2D eigenvalue weighted by Gasteiger charge is -2.31. The summed E-state index contributed by atoms with van der Waals surface area (Å²) in [6.45, 7) is 11.7. The van der Waals surface area contributed by atoms with Gasteiger partial charge in [0.05, 0.1) is 5.56 Å². The van der Waals surface area contributed by atoms with Gasteiger partial charge in [0.2, 0.25) is 0 Å². The molecule has 0 aromatic heterocycles. The second kappa shape index (κ2) is 7.10. The van der Waals surface area contributed by atoms with Crippen LogP contribution in [-0.4, -0.2) is 8.42 Å². The van der Waals surface area contributed by atoms with Gasteiger partial charge >= 0.3 is 16.3 Å². The normalized spacial score (nSPS) is 13.5. The van der Waals surface area contributed by atoms with E-state index < -0.39 is 32.2 Å². The van der Waals surface area contributed by atoms with Crippen molar-refractivity contribution in [3.05, 3.63) is 59.2 Å². The van der Waals surface area contributed by atoms with Gasteiger partial charge < -0.3 is 4.18 Å². The maximum absolute atomic E-state index is 13.3. The maximum atomic E-state index is 13.3. The molecule has 0 atom stereocenters. The molecule has 0 aliphatic rings. The van der Waals surface area contributed by atoms with Crippen LogP contribution >= 0.6 is 0 Å². The number of benzene rings is 2. The van der Waals surface area contributed by atoms with Crippen LogP contribution in [0.4, 0.5) is 13.2 Å². The molecule has 0 bridgehead atoms. The molecular weight excluding hydrogens is 389 g/mol. The average molecular weight is 414 g/mol. The van der Waals surface area contributed by atoms with E-state index in [4.69, 9.17) is 4.18 Å². The second-order valence-corrected chi connectivity index (χ2v) is 10.2. The summed E-state index contributed by atoms with van der Waals surface area (Å²) in [6, 6.07) is 9.02. The van der Waals surface area contributed by atoms with E-state index in [1.807, 2.05) is 47.6 Å². The molecule has 154 valence electrons. The quantitative estimate of drug-likeness (QED) is 0.573. The number of hydrogen-bond acceptors (Lipinski definition) is 3. The van der Waals surface area contributed by atoms with Crippen molar-refractivity contribution in [3.63, 3.8) is 0 Å². The van der Waals surface area contributed by atoms with E-state index in [9.17, 15) is 21.6 Å². The molecule has 0 saturated heterocycles. The Morgan fingerprint density at radius 3 is 1.79 bits per heavy atom. The van der Waals surface area contributed by atoms with Crippen LogP contribution in [0.15, 0.2) is 47.4 Å². The van der Waals surface area contributed by atoms with Crippen molar-refractivity contribution in [2.24, 2.45) is 0 Å². The van der Waals surface area contributed by atoms with Gasteiger partial charge in [-0.05, 0) is 34.6 Å².